The van der Waals surface area contributed by atoms with Gasteiger partial charge in [-0.3, -0.25) is 4.98 Å². The number of pyridine rings is 1. The average Bonchev–Trinajstić information content (AvgIpc) is 2.67. The predicted octanol–water partition coefficient (Wildman–Crippen LogP) is 3.71. The van der Waals surface area contributed by atoms with Crippen LogP contribution < -0.4 is 0 Å². The topological polar surface area (TPSA) is 94.2 Å². The molecule has 0 bridgehead atoms. The molecule has 0 aliphatic carbocycles. The number of hydrogen-bond donors (Lipinski definition) is 2. The van der Waals surface area contributed by atoms with Gasteiger partial charge < -0.3 is 10.2 Å². The average molecular weight is 344 g/mol. The van der Waals surface area contributed by atoms with E-state index < -0.39 is 12.1 Å². The maximum absolute atomic E-state index is 11.5. The Bertz CT molecular complexity index is 1010. The standard InChI is InChI=1S/C21H16N2O3/c1-13-5-6-18(17(8-13)12-22)14-9-15(11-16(10-14)21(25)26)20(24)19-4-2-3-7-23-19/h2-11,20,24H,1H3,(H,25,26). The lowest BCUT2D eigenvalue weighted by molar-refractivity contribution is 0.0696. The maximum atomic E-state index is 11.5. The van der Waals surface area contributed by atoms with Crippen LogP contribution >= 0.6 is 0 Å². The van der Waals surface area contributed by atoms with E-state index in [-0.39, 0.29) is 5.56 Å². The minimum absolute atomic E-state index is 0.0388. The van der Waals surface area contributed by atoms with Crippen LogP contribution in [0.3, 0.4) is 0 Å². The van der Waals surface area contributed by atoms with E-state index in [0.29, 0.717) is 27.9 Å². The minimum atomic E-state index is -1.10. The molecule has 1 heterocycles. The van der Waals surface area contributed by atoms with Crippen molar-refractivity contribution in [3.8, 4) is 17.2 Å². The second kappa shape index (κ2) is 7.18. The summed E-state index contributed by atoms with van der Waals surface area (Å²) in [5.74, 6) is -1.10. The second-order valence-corrected chi connectivity index (χ2v) is 5.97. The van der Waals surface area contributed by atoms with Crippen molar-refractivity contribution in [3.63, 3.8) is 0 Å². The number of carboxylic acid groups (broad SMARTS) is 1. The lowest BCUT2D eigenvalue weighted by Gasteiger charge is -2.14. The molecule has 2 N–H and O–H groups in total. The van der Waals surface area contributed by atoms with E-state index in [1.165, 1.54) is 12.1 Å². The van der Waals surface area contributed by atoms with Crippen LogP contribution in [-0.2, 0) is 0 Å². The number of aryl methyl sites for hydroxylation is 1. The molecule has 0 saturated carbocycles. The molecule has 3 aromatic rings. The number of hydrogen-bond acceptors (Lipinski definition) is 4. The zero-order chi connectivity index (χ0) is 18.7. The Morgan fingerprint density at radius 3 is 2.62 bits per heavy atom. The van der Waals surface area contributed by atoms with Gasteiger partial charge in [-0.2, -0.15) is 5.26 Å². The summed E-state index contributed by atoms with van der Waals surface area (Å²) in [6.45, 7) is 1.88. The van der Waals surface area contributed by atoms with Crippen molar-refractivity contribution >= 4 is 5.97 Å². The van der Waals surface area contributed by atoms with Gasteiger partial charge in [0.25, 0.3) is 0 Å². The highest BCUT2D eigenvalue weighted by atomic mass is 16.4. The van der Waals surface area contributed by atoms with E-state index in [1.54, 1.807) is 42.6 Å². The summed E-state index contributed by atoms with van der Waals surface area (Å²) in [6.07, 6.45) is 0.499. The summed E-state index contributed by atoms with van der Waals surface area (Å²) in [5, 5.41) is 29.5. The zero-order valence-corrected chi connectivity index (χ0v) is 14.0. The van der Waals surface area contributed by atoms with Gasteiger partial charge in [-0.25, -0.2) is 4.79 Å². The van der Waals surface area contributed by atoms with Crippen LogP contribution in [0.5, 0.6) is 0 Å². The number of aromatic nitrogens is 1. The summed E-state index contributed by atoms with van der Waals surface area (Å²) < 4.78 is 0. The molecule has 0 spiro atoms. The molecule has 0 aliphatic heterocycles. The number of rotatable bonds is 4. The van der Waals surface area contributed by atoms with Gasteiger partial charge in [-0.15, -0.1) is 0 Å². The van der Waals surface area contributed by atoms with Crippen LogP contribution in [0.25, 0.3) is 11.1 Å². The van der Waals surface area contributed by atoms with E-state index in [0.717, 1.165) is 5.56 Å². The number of carbonyl (C=O) groups is 1. The van der Waals surface area contributed by atoms with Gasteiger partial charge in [0.05, 0.1) is 22.9 Å². The summed E-state index contributed by atoms with van der Waals surface area (Å²) >= 11 is 0. The first-order chi connectivity index (χ1) is 12.5. The van der Waals surface area contributed by atoms with Crippen molar-refractivity contribution in [2.45, 2.75) is 13.0 Å². The highest BCUT2D eigenvalue weighted by molar-refractivity contribution is 5.90. The molecule has 5 heteroatoms. The van der Waals surface area contributed by atoms with Crippen molar-refractivity contribution in [2.75, 3.05) is 0 Å². The van der Waals surface area contributed by atoms with Crippen LogP contribution in [0.15, 0.2) is 60.8 Å². The van der Waals surface area contributed by atoms with E-state index in [9.17, 15) is 20.3 Å². The SMILES string of the molecule is Cc1ccc(-c2cc(C(=O)O)cc(C(O)c3ccccn3)c2)c(C#N)c1. The zero-order valence-electron chi connectivity index (χ0n) is 14.0. The number of benzene rings is 2. The fraction of sp³-hybridized carbons (Fsp3) is 0.0952. The Labute approximate surface area is 150 Å². The molecule has 1 unspecified atom stereocenters. The molecule has 3 rings (SSSR count). The second-order valence-electron chi connectivity index (χ2n) is 5.97. The van der Waals surface area contributed by atoms with Gasteiger partial charge in [-0.1, -0.05) is 18.2 Å². The van der Waals surface area contributed by atoms with Gasteiger partial charge in [0.1, 0.15) is 6.10 Å². The third kappa shape index (κ3) is 3.46. The molecular formula is C21H16N2O3. The fourth-order valence-electron chi connectivity index (χ4n) is 2.80. The van der Waals surface area contributed by atoms with Crippen LogP contribution in [0, 0.1) is 18.3 Å². The Hall–Kier alpha value is -3.49. The number of nitriles is 1. The first-order valence-electron chi connectivity index (χ1n) is 7.98. The van der Waals surface area contributed by atoms with Crippen LogP contribution in [0.4, 0.5) is 0 Å². The Morgan fingerprint density at radius 1 is 1.15 bits per heavy atom. The molecule has 2 aromatic carbocycles. The van der Waals surface area contributed by atoms with Crippen molar-refractivity contribution in [3.05, 3.63) is 88.7 Å². The monoisotopic (exact) mass is 344 g/mol. The van der Waals surface area contributed by atoms with Gasteiger partial charge in [-0.05, 0) is 65.6 Å². The molecule has 0 amide bonds. The number of aliphatic hydroxyl groups excluding tert-OH is 1. The molecule has 5 nitrogen and oxygen atoms in total. The lowest BCUT2D eigenvalue weighted by Crippen LogP contribution is -2.05. The van der Waals surface area contributed by atoms with Gasteiger partial charge in [0, 0.05) is 6.20 Å². The fourth-order valence-corrected chi connectivity index (χ4v) is 2.80. The van der Waals surface area contributed by atoms with Gasteiger partial charge in [0.2, 0.25) is 0 Å². The van der Waals surface area contributed by atoms with Crippen molar-refractivity contribution in [2.24, 2.45) is 0 Å². The quantitative estimate of drug-likeness (QED) is 0.752. The van der Waals surface area contributed by atoms with E-state index >= 15 is 0 Å². The van der Waals surface area contributed by atoms with Crippen molar-refractivity contribution < 1.29 is 15.0 Å². The van der Waals surface area contributed by atoms with Crippen LogP contribution in [0.2, 0.25) is 0 Å². The number of nitrogens with zero attached hydrogens (tertiary/aromatic N) is 2. The van der Waals surface area contributed by atoms with Gasteiger partial charge >= 0.3 is 5.97 Å². The molecule has 0 fully saturated rings. The molecule has 0 aliphatic rings. The third-order valence-electron chi connectivity index (χ3n) is 4.09. The Kier molecular flexibility index (Phi) is 4.78. The predicted molar refractivity (Wildman–Crippen MR) is 96.6 cm³/mol. The molecule has 1 aromatic heterocycles. The van der Waals surface area contributed by atoms with E-state index in [1.807, 2.05) is 13.0 Å². The smallest absolute Gasteiger partial charge is 0.335 e. The lowest BCUT2D eigenvalue weighted by atomic mass is 9.93. The summed E-state index contributed by atoms with van der Waals surface area (Å²) in [6, 6.07) is 17.3. The Morgan fingerprint density at radius 2 is 1.96 bits per heavy atom. The highest BCUT2D eigenvalue weighted by Crippen LogP contribution is 2.30. The maximum Gasteiger partial charge on any atom is 0.335 e. The van der Waals surface area contributed by atoms with E-state index in [2.05, 4.69) is 11.1 Å². The molecular weight excluding hydrogens is 328 g/mol. The van der Waals surface area contributed by atoms with E-state index in [4.69, 9.17) is 0 Å². The van der Waals surface area contributed by atoms with Crippen molar-refractivity contribution in [1.82, 2.24) is 4.98 Å². The normalized spacial score (nSPS) is 11.6. The first kappa shape index (κ1) is 17.3. The number of aliphatic hydroxyl groups is 1. The first-order valence-corrected chi connectivity index (χ1v) is 7.98. The van der Waals surface area contributed by atoms with Crippen LogP contribution in [0.1, 0.15) is 38.8 Å². The largest absolute Gasteiger partial charge is 0.478 e. The van der Waals surface area contributed by atoms with Gasteiger partial charge in [0.15, 0.2) is 0 Å². The summed E-state index contributed by atoms with van der Waals surface area (Å²) in [5.41, 5.74) is 3.44. The summed E-state index contributed by atoms with van der Waals surface area (Å²) in [7, 11) is 0. The molecule has 0 radical (unpaired) electrons. The highest BCUT2D eigenvalue weighted by Gasteiger charge is 2.17. The van der Waals surface area contributed by atoms with Crippen molar-refractivity contribution in [1.29, 1.82) is 5.26 Å². The molecule has 26 heavy (non-hydrogen) atoms. The number of aromatic carboxylic acids is 1. The third-order valence-corrected chi connectivity index (χ3v) is 4.09. The molecule has 1 atom stereocenters. The molecule has 0 saturated heterocycles. The summed E-state index contributed by atoms with van der Waals surface area (Å²) in [4.78, 5) is 15.7. The Balaban J connectivity index is 2.17. The minimum Gasteiger partial charge on any atom is -0.478 e. The molecule has 128 valence electrons. The number of carboxylic acids is 1. The van der Waals surface area contributed by atoms with Crippen LogP contribution in [-0.4, -0.2) is 21.2 Å².